The first-order chi connectivity index (χ1) is 19.1. The summed E-state index contributed by atoms with van der Waals surface area (Å²) in [6.45, 7) is 0. The minimum absolute atomic E-state index is 0.146. The molecule has 192 valence electrons. The molecule has 0 bridgehead atoms. The van der Waals surface area contributed by atoms with E-state index in [4.69, 9.17) is 0 Å². The number of fused-ring (bicyclic) bond motifs is 1. The lowest BCUT2D eigenvalue weighted by Crippen LogP contribution is -1.85. The second-order valence-corrected chi connectivity index (χ2v) is 12.8. The largest absolute Gasteiger partial charge is 0.354 e. The quantitative estimate of drug-likeness (QED) is 0.131. The maximum atomic E-state index is 11.1. The molecule has 0 unspecified atom stereocenters. The Kier molecular flexibility index (Phi) is 7.38. The average Bonchev–Trinajstić information content (AvgIpc) is 3.75. The highest BCUT2D eigenvalue weighted by molar-refractivity contribution is 7.14. The summed E-state index contributed by atoms with van der Waals surface area (Å²) < 4.78 is 0. The zero-order valence-corrected chi connectivity index (χ0v) is 23.6. The molecule has 0 spiro atoms. The Morgan fingerprint density at radius 2 is 1.15 bits per heavy atom. The molecule has 0 fully saturated rings. The monoisotopic (exact) mass is 583 g/mol. The molecule has 0 atom stereocenters. The van der Waals surface area contributed by atoms with Crippen molar-refractivity contribution in [1.29, 1.82) is 0 Å². The van der Waals surface area contributed by atoms with Crippen LogP contribution in [0.2, 0.25) is 0 Å². The van der Waals surface area contributed by atoms with Crippen LogP contribution in [0.4, 0.5) is 5.69 Å². The second-order valence-electron chi connectivity index (χ2n) is 8.53. The summed E-state index contributed by atoms with van der Waals surface area (Å²) >= 11 is 6.51. The van der Waals surface area contributed by atoms with Crippen molar-refractivity contribution in [3.8, 4) is 0 Å². The SMILES string of the molecule is O=[N+]([O-])c1ccsc1/C=C/c1ccc(/C=C/c2cc3[nH]c(/C=C/c4ccc(/C=C/c5cccs5)s4)cc3[nH]2)s1. The molecule has 6 rings (SSSR count). The van der Waals surface area contributed by atoms with Crippen LogP contribution in [0.15, 0.2) is 65.4 Å². The van der Waals surface area contributed by atoms with Crippen LogP contribution in [-0.4, -0.2) is 14.9 Å². The molecule has 9 heteroatoms. The highest BCUT2D eigenvalue weighted by Gasteiger charge is 2.12. The third kappa shape index (κ3) is 6.18. The number of H-pyrrole nitrogens is 2. The molecule has 0 saturated heterocycles. The van der Waals surface area contributed by atoms with Crippen LogP contribution in [0.5, 0.6) is 0 Å². The minimum atomic E-state index is -0.346. The maximum absolute atomic E-state index is 11.1. The van der Waals surface area contributed by atoms with E-state index in [9.17, 15) is 10.1 Å². The van der Waals surface area contributed by atoms with Gasteiger partial charge in [-0.3, -0.25) is 10.1 Å². The van der Waals surface area contributed by atoms with Gasteiger partial charge in [-0.05, 0) is 102 Å². The Bertz CT molecular complexity index is 1820. The van der Waals surface area contributed by atoms with Gasteiger partial charge < -0.3 is 9.97 Å². The van der Waals surface area contributed by atoms with Gasteiger partial charge in [0, 0.05) is 41.8 Å². The Morgan fingerprint density at radius 1 is 0.615 bits per heavy atom. The normalized spacial score (nSPS) is 12.4. The summed E-state index contributed by atoms with van der Waals surface area (Å²) in [4.78, 5) is 24.2. The molecule has 5 nitrogen and oxygen atoms in total. The van der Waals surface area contributed by atoms with Crippen LogP contribution in [-0.2, 0) is 0 Å². The summed E-state index contributed by atoms with van der Waals surface area (Å²) in [7, 11) is 0. The van der Waals surface area contributed by atoms with E-state index in [-0.39, 0.29) is 10.6 Å². The average molecular weight is 584 g/mol. The lowest BCUT2D eigenvalue weighted by Gasteiger charge is -1.89. The van der Waals surface area contributed by atoms with E-state index >= 15 is 0 Å². The number of nitro groups is 1. The summed E-state index contributed by atoms with van der Waals surface area (Å²) in [6.07, 6.45) is 16.4. The second kappa shape index (κ2) is 11.4. The molecular formula is C30H21N3O2S4. The number of aromatic amines is 2. The molecule has 6 aromatic rings. The van der Waals surface area contributed by atoms with Gasteiger partial charge in [-0.25, -0.2) is 0 Å². The first-order valence-electron chi connectivity index (χ1n) is 12.0. The Morgan fingerprint density at radius 3 is 1.69 bits per heavy atom. The Labute approximate surface area is 240 Å². The molecule has 6 heterocycles. The number of nitrogens with zero attached hydrogens (tertiary/aromatic N) is 1. The van der Waals surface area contributed by atoms with Crippen LogP contribution >= 0.6 is 45.3 Å². The fourth-order valence-electron chi connectivity index (χ4n) is 3.97. The van der Waals surface area contributed by atoms with Crippen molar-refractivity contribution in [2.45, 2.75) is 0 Å². The molecule has 6 aromatic heterocycles. The van der Waals surface area contributed by atoms with Gasteiger partial charge in [-0.1, -0.05) is 6.07 Å². The van der Waals surface area contributed by atoms with Crippen molar-refractivity contribution in [2.24, 2.45) is 0 Å². The van der Waals surface area contributed by atoms with Gasteiger partial charge in [-0.2, -0.15) is 0 Å². The topological polar surface area (TPSA) is 74.7 Å². The molecule has 2 N–H and O–H groups in total. The van der Waals surface area contributed by atoms with Gasteiger partial charge in [0.25, 0.3) is 5.69 Å². The number of nitrogens with one attached hydrogen (secondary N) is 2. The van der Waals surface area contributed by atoms with E-state index in [0.717, 1.165) is 32.2 Å². The van der Waals surface area contributed by atoms with Crippen LogP contribution in [0.3, 0.4) is 0 Å². The van der Waals surface area contributed by atoms with E-state index in [1.54, 1.807) is 39.4 Å². The lowest BCUT2D eigenvalue weighted by atomic mass is 10.3. The molecule has 0 aliphatic rings. The zero-order chi connectivity index (χ0) is 26.6. The Balaban J connectivity index is 1.08. The van der Waals surface area contributed by atoms with Crippen LogP contribution in [0.1, 0.15) is 40.7 Å². The van der Waals surface area contributed by atoms with E-state index < -0.39 is 0 Å². The fourth-order valence-corrected chi connectivity index (χ4v) is 6.98. The zero-order valence-electron chi connectivity index (χ0n) is 20.4. The lowest BCUT2D eigenvalue weighted by molar-refractivity contribution is -0.384. The molecule has 0 aliphatic heterocycles. The van der Waals surface area contributed by atoms with E-state index in [1.165, 1.54) is 32.0 Å². The minimum Gasteiger partial charge on any atom is -0.354 e. The van der Waals surface area contributed by atoms with E-state index in [1.807, 2.05) is 18.2 Å². The highest BCUT2D eigenvalue weighted by Crippen LogP contribution is 2.29. The van der Waals surface area contributed by atoms with Crippen molar-refractivity contribution in [3.63, 3.8) is 0 Å². The molecule has 0 radical (unpaired) electrons. The predicted molar refractivity (Wildman–Crippen MR) is 172 cm³/mol. The van der Waals surface area contributed by atoms with Crippen LogP contribution in [0, 0.1) is 10.1 Å². The number of hydrogen-bond acceptors (Lipinski definition) is 6. The molecule has 39 heavy (non-hydrogen) atoms. The van der Waals surface area contributed by atoms with E-state index in [2.05, 4.69) is 94.3 Å². The third-order valence-corrected chi connectivity index (χ3v) is 9.56. The van der Waals surface area contributed by atoms with Gasteiger partial charge >= 0.3 is 0 Å². The van der Waals surface area contributed by atoms with Crippen LogP contribution in [0.25, 0.3) is 59.6 Å². The summed E-state index contributed by atoms with van der Waals surface area (Å²) in [5.74, 6) is 0. The van der Waals surface area contributed by atoms with Crippen molar-refractivity contribution in [2.75, 3.05) is 0 Å². The van der Waals surface area contributed by atoms with Gasteiger partial charge in [-0.15, -0.1) is 45.3 Å². The number of thiophene rings is 4. The number of rotatable bonds is 9. The van der Waals surface area contributed by atoms with E-state index in [0.29, 0.717) is 4.88 Å². The summed E-state index contributed by atoms with van der Waals surface area (Å²) in [5, 5.41) is 14.9. The van der Waals surface area contributed by atoms with Gasteiger partial charge in [0.2, 0.25) is 0 Å². The smallest absolute Gasteiger partial charge is 0.287 e. The van der Waals surface area contributed by atoms with Crippen LogP contribution < -0.4 is 0 Å². The Hall–Kier alpha value is -4.02. The van der Waals surface area contributed by atoms with Crippen molar-refractivity contribution >= 4 is 111 Å². The van der Waals surface area contributed by atoms with Gasteiger partial charge in [0.05, 0.1) is 16.0 Å². The maximum Gasteiger partial charge on any atom is 0.287 e. The standard InChI is InChI=1S/C30H21N3O2S4/c34-33(35)29-15-17-37-30(29)14-13-26-12-10-24(39-26)6-4-21-19-28-27(32-21)18-20(31-28)3-5-23-9-11-25(38-23)8-7-22-2-1-16-36-22/h1-19,31-32H/b5-3+,6-4+,8-7+,14-13+. The van der Waals surface area contributed by atoms with Gasteiger partial charge in [0.1, 0.15) is 4.88 Å². The predicted octanol–water partition coefficient (Wildman–Crippen LogP) is 10.3. The summed E-state index contributed by atoms with van der Waals surface area (Å²) in [6, 6.07) is 18.3. The number of aromatic nitrogens is 2. The summed E-state index contributed by atoms with van der Waals surface area (Å²) in [5.41, 5.74) is 4.34. The van der Waals surface area contributed by atoms with Gasteiger partial charge in [0.15, 0.2) is 0 Å². The molecule has 0 saturated carbocycles. The fraction of sp³-hybridized carbons (Fsp3) is 0. The van der Waals surface area contributed by atoms with Crippen molar-refractivity contribution in [3.05, 3.63) is 116 Å². The first kappa shape index (κ1) is 25.3. The van der Waals surface area contributed by atoms with Crippen molar-refractivity contribution < 1.29 is 4.92 Å². The third-order valence-electron chi connectivity index (χ3n) is 5.82. The number of hydrogen-bond donors (Lipinski definition) is 2. The molecule has 0 amide bonds. The molecule has 0 aromatic carbocycles. The molecule has 0 aliphatic carbocycles. The highest BCUT2D eigenvalue weighted by atomic mass is 32.1. The first-order valence-corrected chi connectivity index (χ1v) is 15.4. The van der Waals surface area contributed by atoms with Crippen molar-refractivity contribution in [1.82, 2.24) is 9.97 Å². The molecular weight excluding hydrogens is 563 g/mol.